The Kier molecular flexibility index (Phi) is 6.49. The molecule has 0 aromatic carbocycles. The van der Waals surface area contributed by atoms with Gasteiger partial charge in [-0.1, -0.05) is 13.3 Å². The largest absolute Gasteiger partial charge is 0.481 e. The first kappa shape index (κ1) is 14.8. The van der Waals surface area contributed by atoms with Crippen LogP contribution in [0.4, 0.5) is 4.79 Å². The molecule has 2 amide bonds. The van der Waals surface area contributed by atoms with E-state index < -0.39 is 11.9 Å². The van der Waals surface area contributed by atoms with Crippen molar-refractivity contribution in [2.24, 2.45) is 5.92 Å². The van der Waals surface area contributed by atoms with Crippen LogP contribution in [-0.4, -0.2) is 54.9 Å². The van der Waals surface area contributed by atoms with Crippen molar-refractivity contribution < 1.29 is 19.4 Å². The lowest BCUT2D eigenvalue weighted by Gasteiger charge is -2.21. The molecule has 0 aromatic heterocycles. The van der Waals surface area contributed by atoms with E-state index in [0.29, 0.717) is 32.7 Å². The highest BCUT2D eigenvalue weighted by atomic mass is 16.5. The topological polar surface area (TPSA) is 78.9 Å². The van der Waals surface area contributed by atoms with Crippen molar-refractivity contribution in [3.05, 3.63) is 0 Å². The van der Waals surface area contributed by atoms with Gasteiger partial charge in [0.2, 0.25) is 0 Å². The Morgan fingerprint density at radius 1 is 1.39 bits per heavy atom. The van der Waals surface area contributed by atoms with Gasteiger partial charge in [-0.3, -0.25) is 4.79 Å². The number of aliphatic carboxylic acids is 1. The molecule has 1 heterocycles. The molecule has 1 fully saturated rings. The zero-order valence-corrected chi connectivity index (χ0v) is 10.9. The van der Waals surface area contributed by atoms with E-state index in [-0.39, 0.29) is 12.6 Å². The SMILES string of the molecule is CCCC(CNC(=O)N1CCCOCC1)C(=O)O. The van der Waals surface area contributed by atoms with Crippen molar-refractivity contribution in [1.29, 1.82) is 0 Å². The first-order chi connectivity index (χ1) is 8.65. The van der Waals surface area contributed by atoms with Gasteiger partial charge in [0.1, 0.15) is 0 Å². The Balaban J connectivity index is 2.35. The second kappa shape index (κ2) is 7.92. The normalized spacial score (nSPS) is 17.9. The first-order valence-electron chi connectivity index (χ1n) is 6.48. The second-order valence-corrected chi connectivity index (χ2v) is 4.46. The fraction of sp³-hybridized carbons (Fsp3) is 0.833. The van der Waals surface area contributed by atoms with Crippen LogP contribution < -0.4 is 5.32 Å². The average molecular weight is 258 g/mol. The minimum atomic E-state index is -0.851. The predicted octanol–water partition coefficient (Wildman–Crippen LogP) is 0.919. The van der Waals surface area contributed by atoms with Crippen molar-refractivity contribution in [1.82, 2.24) is 10.2 Å². The Hall–Kier alpha value is -1.30. The number of carboxylic acids is 1. The Morgan fingerprint density at radius 3 is 2.83 bits per heavy atom. The molecule has 1 unspecified atom stereocenters. The fourth-order valence-electron chi connectivity index (χ4n) is 1.93. The lowest BCUT2D eigenvalue weighted by Crippen LogP contribution is -2.43. The molecule has 1 aliphatic rings. The third-order valence-electron chi connectivity index (χ3n) is 3.00. The summed E-state index contributed by atoms with van der Waals surface area (Å²) in [6.07, 6.45) is 2.20. The lowest BCUT2D eigenvalue weighted by molar-refractivity contribution is -0.141. The number of carbonyl (C=O) groups excluding carboxylic acids is 1. The first-order valence-corrected chi connectivity index (χ1v) is 6.48. The maximum Gasteiger partial charge on any atom is 0.317 e. The summed E-state index contributed by atoms with van der Waals surface area (Å²) in [6.45, 7) is 4.58. The van der Waals surface area contributed by atoms with Crippen molar-refractivity contribution in [3.63, 3.8) is 0 Å². The number of nitrogens with one attached hydrogen (secondary N) is 1. The number of hydrogen-bond donors (Lipinski definition) is 2. The van der Waals surface area contributed by atoms with Crippen LogP contribution in [0.5, 0.6) is 0 Å². The van der Waals surface area contributed by atoms with Crippen LogP contribution in [0.25, 0.3) is 0 Å². The number of ether oxygens (including phenoxy) is 1. The zero-order chi connectivity index (χ0) is 13.4. The zero-order valence-electron chi connectivity index (χ0n) is 10.9. The van der Waals surface area contributed by atoms with Crippen LogP contribution in [0.15, 0.2) is 0 Å². The van der Waals surface area contributed by atoms with E-state index >= 15 is 0 Å². The minimum absolute atomic E-state index is 0.192. The van der Waals surface area contributed by atoms with Crippen LogP contribution in [0.2, 0.25) is 0 Å². The maximum atomic E-state index is 11.8. The molecule has 0 bridgehead atoms. The van der Waals surface area contributed by atoms with Gasteiger partial charge in [-0.05, 0) is 12.8 Å². The minimum Gasteiger partial charge on any atom is -0.481 e. The highest BCUT2D eigenvalue weighted by Gasteiger charge is 2.20. The second-order valence-electron chi connectivity index (χ2n) is 4.46. The van der Waals surface area contributed by atoms with Crippen molar-refractivity contribution >= 4 is 12.0 Å². The molecule has 0 aliphatic carbocycles. The monoisotopic (exact) mass is 258 g/mol. The van der Waals surface area contributed by atoms with E-state index in [1.165, 1.54) is 0 Å². The maximum absolute atomic E-state index is 11.8. The van der Waals surface area contributed by atoms with Crippen molar-refractivity contribution in [2.45, 2.75) is 26.2 Å². The van der Waals surface area contributed by atoms with E-state index in [4.69, 9.17) is 9.84 Å². The molecule has 0 spiro atoms. The van der Waals surface area contributed by atoms with Gasteiger partial charge in [0, 0.05) is 26.2 Å². The van der Waals surface area contributed by atoms with E-state index in [1.54, 1.807) is 4.90 Å². The number of carboxylic acid groups (broad SMARTS) is 1. The number of rotatable bonds is 5. The van der Waals surface area contributed by atoms with Gasteiger partial charge < -0.3 is 20.1 Å². The predicted molar refractivity (Wildman–Crippen MR) is 66.4 cm³/mol. The summed E-state index contributed by atoms with van der Waals surface area (Å²) >= 11 is 0. The molecule has 1 saturated heterocycles. The fourth-order valence-corrected chi connectivity index (χ4v) is 1.93. The summed E-state index contributed by atoms with van der Waals surface area (Å²) in [7, 11) is 0. The van der Waals surface area contributed by atoms with Crippen molar-refractivity contribution in [2.75, 3.05) is 32.8 Å². The van der Waals surface area contributed by atoms with Gasteiger partial charge in [-0.2, -0.15) is 0 Å². The van der Waals surface area contributed by atoms with Crippen molar-refractivity contribution in [3.8, 4) is 0 Å². The van der Waals surface area contributed by atoms with Gasteiger partial charge >= 0.3 is 12.0 Å². The number of hydrogen-bond acceptors (Lipinski definition) is 3. The van der Waals surface area contributed by atoms with Crippen LogP contribution in [-0.2, 0) is 9.53 Å². The van der Waals surface area contributed by atoms with Gasteiger partial charge in [0.15, 0.2) is 0 Å². The summed E-state index contributed by atoms with van der Waals surface area (Å²) in [5.74, 6) is -1.35. The number of carbonyl (C=O) groups is 2. The molecular weight excluding hydrogens is 236 g/mol. The molecule has 1 atom stereocenters. The van der Waals surface area contributed by atoms with E-state index in [2.05, 4.69) is 5.32 Å². The molecule has 0 radical (unpaired) electrons. The summed E-state index contributed by atoms with van der Waals surface area (Å²) in [5.41, 5.74) is 0. The van der Waals surface area contributed by atoms with Gasteiger partial charge in [-0.15, -0.1) is 0 Å². The molecular formula is C12H22N2O4. The van der Waals surface area contributed by atoms with Gasteiger partial charge in [0.25, 0.3) is 0 Å². The summed E-state index contributed by atoms with van der Waals surface area (Å²) in [6, 6.07) is -0.192. The average Bonchev–Trinajstić information content (AvgIpc) is 2.62. The molecule has 6 heteroatoms. The van der Waals surface area contributed by atoms with E-state index in [1.807, 2.05) is 6.92 Å². The Bertz CT molecular complexity index is 275. The van der Waals surface area contributed by atoms with Gasteiger partial charge in [0.05, 0.1) is 12.5 Å². The highest BCUT2D eigenvalue weighted by molar-refractivity contribution is 5.76. The summed E-state index contributed by atoms with van der Waals surface area (Å²) < 4.78 is 5.26. The number of amides is 2. The third-order valence-corrected chi connectivity index (χ3v) is 3.00. The number of urea groups is 1. The van der Waals surface area contributed by atoms with Crippen LogP contribution >= 0.6 is 0 Å². The molecule has 0 aromatic rings. The smallest absolute Gasteiger partial charge is 0.317 e. The Labute approximate surface area is 107 Å². The van der Waals surface area contributed by atoms with Gasteiger partial charge in [-0.25, -0.2) is 4.79 Å². The van der Waals surface area contributed by atoms with Crippen LogP contribution in [0.3, 0.4) is 0 Å². The highest BCUT2D eigenvalue weighted by Crippen LogP contribution is 2.06. The van der Waals surface area contributed by atoms with Crippen LogP contribution in [0.1, 0.15) is 26.2 Å². The molecule has 1 rings (SSSR count). The molecule has 18 heavy (non-hydrogen) atoms. The molecule has 2 N–H and O–H groups in total. The third kappa shape index (κ3) is 4.91. The molecule has 1 aliphatic heterocycles. The van der Waals surface area contributed by atoms with Crippen LogP contribution in [0, 0.1) is 5.92 Å². The molecule has 104 valence electrons. The Morgan fingerprint density at radius 2 is 2.17 bits per heavy atom. The summed E-state index contributed by atoms with van der Waals surface area (Å²) in [5, 5.41) is 11.7. The molecule has 6 nitrogen and oxygen atoms in total. The molecule has 0 saturated carbocycles. The quantitative estimate of drug-likeness (QED) is 0.768. The standard InChI is InChI=1S/C12H22N2O4/c1-2-4-10(11(15)16)9-13-12(17)14-5-3-7-18-8-6-14/h10H,2-9H2,1H3,(H,13,17)(H,15,16). The van der Waals surface area contributed by atoms with E-state index in [9.17, 15) is 9.59 Å². The lowest BCUT2D eigenvalue weighted by atomic mass is 10.0. The number of nitrogens with zero attached hydrogens (tertiary/aromatic N) is 1. The summed E-state index contributed by atoms with van der Waals surface area (Å²) in [4.78, 5) is 24.5. The van der Waals surface area contributed by atoms with E-state index in [0.717, 1.165) is 12.8 Å².